The smallest absolute Gasteiger partial charge is 0.267 e. The van der Waals surface area contributed by atoms with Crippen LogP contribution < -0.4 is 5.56 Å². The number of hydrogen-bond acceptors (Lipinski definition) is 5. The van der Waals surface area contributed by atoms with Gasteiger partial charge in [0.25, 0.3) is 5.56 Å². The van der Waals surface area contributed by atoms with Crippen molar-refractivity contribution in [1.29, 1.82) is 0 Å². The van der Waals surface area contributed by atoms with Crippen molar-refractivity contribution in [1.82, 2.24) is 19.9 Å². The lowest BCUT2D eigenvalue weighted by Crippen LogP contribution is -2.23. The third-order valence-corrected chi connectivity index (χ3v) is 4.39. The van der Waals surface area contributed by atoms with Gasteiger partial charge in [0.2, 0.25) is 11.7 Å². The molecule has 4 rings (SSSR count). The molecule has 0 radical (unpaired) electrons. The zero-order chi connectivity index (χ0) is 18.8. The van der Waals surface area contributed by atoms with Crippen LogP contribution in [-0.2, 0) is 6.54 Å². The van der Waals surface area contributed by atoms with Crippen molar-refractivity contribution in [3.8, 4) is 22.6 Å². The van der Waals surface area contributed by atoms with Crippen LogP contribution in [0.2, 0.25) is 0 Å². The van der Waals surface area contributed by atoms with Gasteiger partial charge in [-0.2, -0.15) is 10.1 Å². The summed E-state index contributed by atoms with van der Waals surface area (Å²) in [5.41, 5.74) is 1.74. The third-order valence-electron chi connectivity index (χ3n) is 3.86. The highest BCUT2D eigenvalue weighted by Crippen LogP contribution is 2.19. The van der Waals surface area contributed by atoms with E-state index in [0.717, 1.165) is 10.0 Å². The Labute approximate surface area is 161 Å². The first kappa shape index (κ1) is 17.3. The summed E-state index contributed by atoms with van der Waals surface area (Å²) in [7, 11) is 0. The molecule has 4 aromatic rings. The van der Waals surface area contributed by atoms with Gasteiger partial charge in [0, 0.05) is 21.7 Å². The maximum absolute atomic E-state index is 13.1. The molecule has 2 aromatic carbocycles. The molecule has 0 amide bonds. The predicted octanol–water partition coefficient (Wildman–Crippen LogP) is 3.91. The number of halogens is 2. The predicted molar refractivity (Wildman–Crippen MR) is 100 cm³/mol. The van der Waals surface area contributed by atoms with Gasteiger partial charge in [-0.3, -0.25) is 4.79 Å². The fraction of sp³-hybridized carbons (Fsp3) is 0.0526. The largest absolute Gasteiger partial charge is 0.337 e. The van der Waals surface area contributed by atoms with Crippen LogP contribution in [0.25, 0.3) is 22.6 Å². The van der Waals surface area contributed by atoms with Crippen LogP contribution in [0.4, 0.5) is 4.39 Å². The quantitative estimate of drug-likeness (QED) is 0.494. The van der Waals surface area contributed by atoms with E-state index >= 15 is 0 Å². The molecule has 0 unspecified atom stereocenters. The average molecular weight is 427 g/mol. The van der Waals surface area contributed by atoms with Gasteiger partial charge < -0.3 is 4.52 Å². The highest BCUT2D eigenvalue weighted by molar-refractivity contribution is 9.10. The molecule has 134 valence electrons. The van der Waals surface area contributed by atoms with Crippen LogP contribution in [0, 0.1) is 5.82 Å². The fourth-order valence-corrected chi connectivity index (χ4v) is 2.76. The van der Waals surface area contributed by atoms with Crippen LogP contribution in [0.1, 0.15) is 5.89 Å². The lowest BCUT2D eigenvalue weighted by molar-refractivity contribution is 0.363. The Hall–Kier alpha value is -3.13. The molecule has 0 aliphatic carbocycles. The number of nitrogens with zero attached hydrogens (tertiary/aromatic N) is 4. The molecule has 0 N–H and O–H groups in total. The van der Waals surface area contributed by atoms with Gasteiger partial charge in [0.15, 0.2) is 0 Å². The van der Waals surface area contributed by atoms with E-state index in [4.69, 9.17) is 4.52 Å². The van der Waals surface area contributed by atoms with Gasteiger partial charge in [0.1, 0.15) is 12.4 Å². The van der Waals surface area contributed by atoms with Gasteiger partial charge in [0.05, 0.1) is 5.69 Å². The van der Waals surface area contributed by atoms with Crippen LogP contribution in [0.3, 0.4) is 0 Å². The van der Waals surface area contributed by atoms with Crippen molar-refractivity contribution in [2.24, 2.45) is 0 Å². The maximum Gasteiger partial charge on any atom is 0.267 e. The lowest BCUT2D eigenvalue weighted by Gasteiger charge is -2.05. The lowest BCUT2D eigenvalue weighted by atomic mass is 10.1. The van der Waals surface area contributed by atoms with Crippen molar-refractivity contribution in [3.05, 3.63) is 87.2 Å². The molecule has 0 aliphatic heterocycles. The second-order valence-corrected chi connectivity index (χ2v) is 6.66. The summed E-state index contributed by atoms with van der Waals surface area (Å²) in [4.78, 5) is 16.4. The molecule has 0 saturated carbocycles. The van der Waals surface area contributed by atoms with Gasteiger partial charge in [-0.25, -0.2) is 9.07 Å². The van der Waals surface area contributed by atoms with Gasteiger partial charge in [-0.1, -0.05) is 21.1 Å². The molecule has 0 atom stereocenters. The van der Waals surface area contributed by atoms with E-state index in [1.807, 2.05) is 24.3 Å². The summed E-state index contributed by atoms with van der Waals surface area (Å²) in [6.45, 7) is 0.0391. The number of benzene rings is 2. The number of rotatable bonds is 4. The van der Waals surface area contributed by atoms with E-state index in [2.05, 4.69) is 31.2 Å². The minimum Gasteiger partial charge on any atom is -0.337 e. The van der Waals surface area contributed by atoms with Crippen LogP contribution >= 0.6 is 15.9 Å². The summed E-state index contributed by atoms with van der Waals surface area (Å²) in [5, 5.41) is 8.25. The molecule has 6 nitrogen and oxygen atoms in total. The Bertz CT molecular complexity index is 1140. The molecule has 27 heavy (non-hydrogen) atoms. The van der Waals surface area contributed by atoms with E-state index < -0.39 is 0 Å². The fourth-order valence-electron chi connectivity index (χ4n) is 2.50. The highest BCUT2D eigenvalue weighted by Gasteiger charge is 2.11. The zero-order valence-electron chi connectivity index (χ0n) is 13.8. The first-order chi connectivity index (χ1) is 13.1. The van der Waals surface area contributed by atoms with Gasteiger partial charge in [-0.15, -0.1) is 0 Å². The van der Waals surface area contributed by atoms with E-state index in [-0.39, 0.29) is 23.8 Å². The molecule has 2 aromatic heterocycles. The van der Waals surface area contributed by atoms with Crippen LogP contribution in [-0.4, -0.2) is 19.9 Å². The van der Waals surface area contributed by atoms with E-state index in [9.17, 15) is 9.18 Å². The Morgan fingerprint density at radius 2 is 1.67 bits per heavy atom. The van der Waals surface area contributed by atoms with Crippen molar-refractivity contribution >= 4 is 15.9 Å². The Balaban J connectivity index is 1.61. The summed E-state index contributed by atoms with van der Waals surface area (Å²) in [5.74, 6) is 0.359. The molecule has 0 saturated heterocycles. The molecule has 0 bridgehead atoms. The van der Waals surface area contributed by atoms with Crippen molar-refractivity contribution in [2.45, 2.75) is 6.54 Å². The number of aromatic nitrogens is 4. The Morgan fingerprint density at radius 1 is 0.963 bits per heavy atom. The second kappa shape index (κ2) is 7.24. The summed E-state index contributed by atoms with van der Waals surface area (Å²) in [6, 6.07) is 16.4. The normalized spacial score (nSPS) is 10.9. The van der Waals surface area contributed by atoms with Crippen LogP contribution in [0.5, 0.6) is 0 Å². The monoisotopic (exact) mass is 426 g/mol. The topological polar surface area (TPSA) is 73.8 Å². The van der Waals surface area contributed by atoms with E-state index in [1.165, 1.54) is 22.9 Å². The molecular weight excluding hydrogens is 415 g/mol. The van der Waals surface area contributed by atoms with Gasteiger partial charge in [-0.05, 0) is 54.6 Å². The molecule has 8 heteroatoms. The first-order valence-corrected chi connectivity index (χ1v) is 8.80. The zero-order valence-corrected chi connectivity index (χ0v) is 15.4. The van der Waals surface area contributed by atoms with Crippen molar-refractivity contribution in [2.75, 3.05) is 0 Å². The van der Waals surface area contributed by atoms with E-state index in [0.29, 0.717) is 17.1 Å². The minimum absolute atomic E-state index is 0.0391. The SMILES string of the molecule is O=c1ccc(-c2ccc(F)cc2)nn1Cc1nc(-c2ccc(Br)cc2)no1. The van der Waals surface area contributed by atoms with Crippen molar-refractivity contribution < 1.29 is 8.91 Å². The summed E-state index contributed by atoms with van der Waals surface area (Å²) >= 11 is 3.37. The molecule has 0 fully saturated rings. The van der Waals surface area contributed by atoms with Crippen LogP contribution in [0.15, 0.2) is 74.5 Å². The Morgan fingerprint density at radius 3 is 2.41 bits per heavy atom. The van der Waals surface area contributed by atoms with E-state index in [1.54, 1.807) is 18.2 Å². The minimum atomic E-state index is -0.335. The second-order valence-electron chi connectivity index (χ2n) is 5.74. The molecule has 2 heterocycles. The van der Waals surface area contributed by atoms with Gasteiger partial charge >= 0.3 is 0 Å². The highest BCUT2D eigenvalue weighted by atomic mass is 79.9. The Kier molecular flexibility index (Phi) is 4.64. The average Bonchev–Trinajstić information content (AvgIpc) is 3.13. The molecule has 0 spiro atoms. The standard InChI is InChI=1S/C19H12BrFN4O2/c20-14-5-1-13(2-6-14)19-22-17(27-24-19)11-25-18(26)10-9-16(23-25)12-3-7-15(21)8-4-12/h1-10H,11H2. The summed E-state index contributed by atoms with van der Waals surface area (Å²) < 4.78 is 20.5. The molecular formula is C19H12BrFN4O2. The first-order valence-electron chi connectivity index (χ1n) is 8.01. The third kappa shape index (κ3) is 3.85. The summed E-state index contributed by atoms with van der Waals surface area (Å²) in [6.07, 6.45) is 0. The number of hydrogen-bond donors (Lipinski definition) is 0. The molecule has 0 aliphatic rings. The van der Waals surface area contributed by atoms with Crippen molar-refractivity contribution in [3.63, 3.8) is 0 Å². The maximum atomic E-state index is 13.1.